The second-order valence-corrected chi connectivity index (χ2v) is 9.93. The van der Waals surface area contributed by atoms with Crippen molar-refractivity contribution < 1.29 is 0 Å². The fraction of sp³-hybridized carbons (Fsp3) is 0.194. The van der Waals surface area contributed by atoms with Crippen molar-refractivity contribution >= 4 is 22.7 Å². The molecule has 1 aliphatic heterocycles. The van der Waals surface area contributed by atoms with Crippen LogP contribution in [-0.2, 0) is 6.54 Å². The Kier molecular flexibility index (Phi) is 6.91. The number of benzene rings is 1. The van der Waals surface area contributed by atoms with Gasteiger partial charge in [0.05, 0.1) is 5.56 Å². The lowest BCUT2D eigenvalue weighted by atomic mass is 10.0. The van der Waals surface area contributed by atoms with E-state index in [4.69, 9.17) is 16.0 Å². The average Bonchev–Trinajstić information content (AvgIpc) is 3.38. The van der Waals surface area contributed by atoms with Crippen molar-refractivity contribution in [2.24, 2.45) is 0 Å². The van der Waals surface area contributed by atoms with E-state index in [-0.39, 0.29) is 0 Å². The number of pyridine rings is 3. The van der Waals surface area contributed by atoms with E-state index < -0.39 is 0 Å². The van der Waals surface area contributed by atoms with Crippen LogP contribution in [0.25, 0.3) is 33.9 Å². The first-order chi connectivity index (χ1) is 19.6. The Morgan fingerprint density at radius 2 is 1.77 bits per heavy atom. The van der Waals surface area contributed by atoms with Crippen LogP contribution < -0.4 is 11.1 Å². The summed E-state index contributed by atoms with van der Waals surface area (Å²) >= 11 is 0. The monoisotopic (exact) mass is 527 g/mol. The number of nitrogen functional groups attached to an aromatic ring is 1. The molecule has 9 nitrogen and oxygen atoms in total. The topological polar surface area (TPSA) is 122 Å². The third-order valence-electron chi connectivity index (χ3n) is 7.29. The number of hydrogen-bond acceptors (Lipinski definition) is 8. The zero-order chi connectivity index (χ0) is 27.5. The van der Waals surface area contributed by atoms with Gasteiger partial charge < -0.3 is 11.1 Å². The molecule has 40 heavy (non-hydrogen) atoms. The fourth-order valence-corrected chi connectivity index (χ4v) is 5.20. The van der Waals surface area contributed by atoms with Crippen molar-refractivity contribution in [1.29, 1.82) is 5.26 Å². The zero-order valence-corrected chi connectivity index (χ0v) is 22.0. The second kappa shape index (κ2) is 11.0. The maximum absolute atomic E-state index is 9.11. The van der Waals surface area contributed by atoms with Crippen LogP contribution in [-0.4, -0.2) is 48.5 Å². The number of anilines is 1. The van der Waals surface area contributed by atoms with E-state index in [1.165, 1.54) is 5.56 Å². The summed E-state index contributed by atoms with van der Waals surface area (Å²) in [4.78, 5) is 20.2. The minimum absolute atomic E-state index is 0.352. The number of hydrogen-bond donors (Lipinski definition) is 2. The highest BCUT2D eigenvalue weighted by atomic mass is 15.1. The maximum Gasteiger partial charge on any atom is 0.164 e. The SMILES string of the molecule is C=C(NC1CCN(Cc2ccc(-n3c(-c4cccnc4N)nc4cccnc43)cc2)CC1)c1ccnc(C#N)c1. The molecule has 0 spiro atoms. The number of fused-ring (bicyclic) bond motifs is 1. The largest absolute Gasteiger partial charge is 0.383 e. The van der Waals surface area contributed by atoms with Gasteiger partial charge in [-0.25, -0.2) is 19.9 Å². The number of nitrogens with one attached hydrogen (secondary N) is 1. The molecule has 9 heteroatoms. The Labute approximate surface area is 232 Å². The molecular weight excluding hydrogens is 498 g/mol. The third-order valence-corrected chi connectivity index (χ3v) is 7.29. The summed E-state index contributed by atoms with van der Waals surface area (Å²) in [6.45, 7) is 7.05. The molecule has 0 amide bonds. The first kappa shape index (κ1) is 25.2. The number of imidazole rings is 1. The third kappa shape index (κ3) is 5.13. The first-order valence-electron chi connectivity index (χ1n) is 13.3. The Hall–Kier alpha value is -5.07. The molecule has 4 aromatic heterocycles. The van der Waals surface area contributed by atoms with Crippen molar-refractivity contribution in [3.63, 3.8) is 0 Å². The summed E-state index contributed by atoms with van der Waals surface area (Å²) in [6.07, 6.45) is 7.15. The number of likely N-dealkylation sites (tertiary alicyclic amines) is 1. The number of nitrogens with two attached hydrogens (primary N) is 1. The molecule has 1 aromatic carbocycles. The summed E-state index contributed by atoms with van der Waals surface area (Å²) in [7, 11) is 0. The number of nitrogens with zero attached hydrogens (tertiary/aromatic N) is 7. The molecule has 6 rings (SSSR count). The summed E-state index contributed by atoms with van der Waals surface area (Å²) < 4.78 is 2.04. The molecule has 0 bridgehead atoms. The summed E-state index contributed by atoms with van der Waals surface area (Å²) in [5, 5.41) is 12.7. The molecular formula is C31H29N9. The van der Waals surface area contributed by atoms with Crippen LogP contribution >= 0.6 is 0 Å². The standard InChI is InChI=1S/C31H29N9/c1-21(23-10-15-34-25(18-23)19-32)37-24-11-16-39(17-12-24)20-22-6-8-26(9-7-22)40-30(27-4-2-13-35-29(27)33)38-28-5-3-14-36-31(28)40/h2-10,13-15,18,24,37H,1,11-12,16-17,20H2,(H2,33,35). The van der Waals surface area contributed by atoms with E-state index in [0.717, 1.165) is 72.0 Å². The zero-order valence-electron chi connectivity index (χ0n) is 22.0. The van der Waals surface area contributed by atoms with Gasteiger partial charge in [-0.05, 0) is 66.9 Å². The molecule has 0 saturated carbocycles. The first-order valence-corrected chi connectivity index (χ1v) is 13.3. The van der Waals surface area contributed by atoms with E-state index in [1.807, 2.05) is 34.9 Å². The van der Waals surface area contributed by atoms with Crippen LogP contribution in [0.4, 0.5) is 5.82 Å². The molecule has 5 aromatic rings. The Morgan fingerprint density at radius 3 is 2.55 bits per heavy atom. The fourth-order valence-electron chi connectivity index (χ4n) is 5.20. The average molecular weight is 528 g/mol. The van der Waals surface area contributed by atoms with Gasteiger partial charge in [0.2, 0.25) is 0 Å². The highest BCUT2D eigenvalue weighted by molar-refractivity contribution is 5.82. The normalized spacial score (nSPS) is 14.2. The molecule has 0 aliphatic carbocycles. The van der Waals surface area contributed by atoms with Crippen molar-refractivity contribution in [2.75, 3.05) is 18.8 Å². The lowest BCUT2D eigenvalue weighted by Gasteiger charge is -2.33. The predicted molar refractivity (Wildman–Crippen MR) is 156 cm³/mol. The minimum atomic E-state index is 0.352. The van der Waals surface area contributed by atoms with Gasteiger partial charge in [-0.3, -0.25) is 9.47 Å². The highest BCUT2D eigenvalue weighted by Gasteiger charge is 2.21. The van der Waals surface area contributed by atoms with E-state index in [1.54, 1.807) is 24.7 Å². The summed E-state index contributed by atoms with van der Waals surface area (Å²) in [5.41, 5.74) is 12.9. The lowest BCUT2D eigenvalue weighted by Crippen LogP contribution is -2.41. The van der Waals surface area contributed by atoms with Crippen molar-refractivity contribution in [3.8, 4) is 23.1 Å². The van der Waals surface area contributed by atoms with Crippen molar-refractivity contribution in [2.45, 2.75) is 25.4 Å². The number of nitriles is 1. The quantitative estimate of drug-likeness (QED) is 0.316. The Balaban J connectivity index is 1.13. The van der Waals surface area contributed by atoms with Gasteiger partial charge in [0.15, 0.2) is 11.5 Å². The molecule has 1 aliphatic rings. The molecule has 0 radical (unpaired) electrons. The van der Waals surface area contributed by atoms with E-state index in [9.17, 15) is 0 Å². The molecule has 198 valence electrons. The summed E-state index contributed by atoms with van der Waals surface area (Å²) in [6, 6.07) is 22.3. The predicted octanol–water partition coefficient (Wildman–Crippen LogP) is 4.56. The van der Waals surface area contributed by atoms with Gasteiger partial charge in [-0.2, -0.15) is 5.26 Å². The van der Waals surface area contributed by atoms with Crippen LogP contribution in [0.5, 0.6) is 0 Å². The van der Waals surface area contributed by atoms with Crippen LogP contribution in [0.15, 0.2) is 85.8 Å². The molecule has 1 saturated heterocycles. The Morgan fingerprint density at radius 1 is 1.00 bits per heavy atom. The van der Waals surface area contributed by atoms with Crippen LogP contribution in [0.1, 0.15) is 29.7 Å². The highest BCUT2D eigenvalue weighted by Crippen LogP contribution is 2.30. The lowest BCUT2D eigenvalue weighted by molar-refractivity contribution is 0.198. The van der Waals surface area contributed by atoms with Gasteiger partial charge in [0.1, 0.15) is 23.1 Å². The maximum atomic E-state index is 9.11. The minimum Gasteiger partial charge on any atom is -0.383 e. The second-order valence-electron chi connectivity index (χ2n) is 9.93. The van der Waals surface area contributed by atoms with Gasteiger partial charge in [0.25, 0.3) is 0 Å². The van der Waals surface area contributed by atoms with Gasteiger partial charge in [0, 0.05) is 61.2 Å². The number of rotatable bonds is 7. The van der Waals surface area contributed by atoms with Gasteiger partial charge in [-0.15, -0.1) is 0 Å². The van der Waals surface area contributed by atoms with Crippen molar-refractivity contribution in [1.82, 2.24) is 34.7 Å². The number of piperidine rings is 1. The molecule has 3 N–H and O–H groups in total. The summed E-state index contributed by atoms with van der Waals surface area (Å²) in [5.74, 6) is 1.16. The van der Waals surface area contributed by atoms with Crippen LogP contribution in [0, 0.1) is 11.3 Å². The molecule has 1 fully saturated rings. The van der Waals surface area contributed by atoms with E-state index in [2.05, 4.69) is 62.1 Å². The van der Waals surface area contributed by atoms with Crippen LogP contribution in [0.3, 0.4) is 0 Å². The van der Waals surface area contributed by atoms with Gasteiger partial charge in [-0.1, -0.05) is 18.7 Å². The van der Waals surface area contributed by atoms with Gasteiger partial charge >= 0.3 is 0 Å². The smallest absolute Gasteiger partial charge is 0.164 e. The van der Waals surface area contributed by atoms with E-state index >= 15 is 0 Å². The molecule has 0 atom stereocenters. The molecule has 0 unspecified atom stereocenters. The van der Waals surface area contributed by atoms with E-state index in [0.29, 0.717) is 17.6 Å². The van der Waals surface area contributed by atoms with Crippen molar-refractivity contribution in [3.05, 3.63) is 103 Å². The number of aromatic nitrogens is 5. The molecule has 5 heterocycles. The van der Waals surface area contributed by atoms with Crippen LogP contribution in [0.2, 0.25) is 0 Å². The Bertz CT molecular complexity index is 1710.